The average Bonchev–Trinajstić information content (AvgIpc) is 2.29. The molecule has 0 bridgehead atoms. The van der Waals surface area contributed by atoms with Crippen molar-refractivity contribution in [2.45, 2.75) is 33.2 Å². The molecule has 0 spiro atoms. The minimum Gasteiger partial charge on any atom is -0.396 e. The third-order valence-corrected chi connectivity index (χ3v) is 3.66. The first-order valence-electron chi connectivity index (χ1n) is 6.10. The van der Waals surface area contributed by atoms with Crippen molar-refractivity contribution in [1.82, 2.24) is 5.32 Å². The van der Waals surface area contributed by atoms with Gasteiger partial charge in [-0.15, -0.1) is 0 Å². The summed E-state index contributed by atoms with van der Waals surface area (Å²) in [6, 6.07) is 8.27. The summed E-state index contributed by atoms with van der Waals surface area (Å²) in [7, 11) is 0. The van der Waals surface area contributed by atoms with Crippen molar-refractivity contribution in [2.75, 3.05) is 13.2 Å². The Labute approximate surface area is 113 Å². The second kappa shape index (κ2) is 7.14. The molecule has 0 radical (unpaired) electrons. The fourth-order valence-electron chi connectivity index (χ4n) is 1.82. The lowest BCUT2D eigenvalue weighted by Gasteiger charge is -2.24. The van der Waals surface area contributed by atoms with Gasteiger partial charge in [0.15, 0.2) is 0 Å². The first kappa shape index (κ1) is 14.7. The number of halogens is 1. The van der Waals surface area contributed by atoms with E-state index in [1.807, 2.05) is 6.07 Å². The van der Waals surface area contributed by atoms with Crippen LogP contribution in [0.1, 0.15) is 32.3 Å². The predicted octanol–water partition coefficient (Wildman–Crippen LogP) is 3.34. The zero-order chi connectivity index (χ0) is 12.7. The van der Waals surface area contributed by atoms with E-state index in [-0.39, 0.29) is 12.0 Å². The fourth-order valence-corrected chi connectivity index (χ4v) is 2.25. The van der Waals surface area contributed by atoms with E-state index in [9.17, 15) is 0 Å². The van der Waals surface area contributed by atoms with Gasteiger partial charge in [-0.1, -0.05) is 48.0 Å². The molecule has 0 unspecified atom stereocenters. The van der Waals surface area contributed by atoms with Crippen LogP contribution in [0.2, 0.25) is 0 Å². The average molecular weight is 300 g/mol. The SMILES string of the molecule is CC(C)(CCCO)CNCc1ccccc1Br. The second-order valence-electron chi connectivity index (χ2n) is 5.19. The van der Waals surface area contributed by atoms with Gasteiger partial charge in [0.1, 0.15) is 0 Å². The number of aliphatic hydroxyl groups excluding tert-OH is 1. The highest BCUT2D eigenvalue weighted by atomic mass is 79.9. The lowest BCUT2D eigenvalue weighted by atomic mass is 9.88. The molecule has 0 aliphatic heterocycles. The van der Waals surface area contributed by atoms with Gasteiger partial charge < -0.3 is 10.4 Å². The maximum Gasteiger partial charge on any atom is 0.0431 e. The molecule has 0 atom stereocenters. The van der Waals surface area contributed by atoms with E-state index in [0.29, 0.717) is 0 Å². The molecule has 17 heavy (non-hydrogen) atoms. The molecule has 0 aliphatic carbocycles. The Morgan fingerprint density at radius 3 is 2.65 bits per heavy atom. The van der Waals surface area contributed by atoms with Crippen LogP contribution in [0, 0.1) is 5.41 Å². The molecule has 0 saturated heterocycles. The van der Waals surface area contributed by atoms with Gasteiger partial charge in [-0.2, -0.15) is 0 Å². The zero-order valence-corrected chi connectivity index (χ0v) is 12.3. The second-order valence-corrected chi connectivity index (χ2v) is 6.04. The van der Waals surface area contributed by atoms with Crippen LogP contribution >= 0.6 is 15.9 Å². The van der Waals surface area contributed by atoms with Gasteiger partial charge in [0.2, 0.25) is 0 Å². The predicted molar refractivity (Wildman–Crippen MR) is 75.9 cm³/mol. The largest absolute Gasteiger partial charge is 0.396 e. The number of hydrogen-bond donors (Lipinski definition) is 2. The van der Waals surface area contributed by atoms with Crippen molar-refractivity contribution < 1.29 is 5.11 Å². The Morgan fingerprint density at radius 1 is 1.29 bits per heavy atom. The monoisotopic (exact) mass is 299 g/mol. The molecule has 1 aromatic carbocycles. The molecule has 0 saturated carbocycles. The Bertz CT molecular complexity index is 339. The first-order valence-corrected chi connectivity index (χ1v) is 6.89. The number of rotatable bonds is 7. The van der Waals surface area contributed by atoms with Gasteiger partial charge in [-0.05, 0) is 29.9 Å². The molecule has 2 N–H and O–H groups in total. The summed E-state index contributed by atoms with van der Waals surface area (Å²) < 4.78 is 1.15. The van der Waals surface area contributed by atoms with E-state index in [2.05, 4.69) is 53.3 Å². The molecule has 0 aliphatic rings. The first-order chi connectivity index (χ1) is 8.05. The van der Waals surface area contributed by atoms with Gasteiger partial charge in [0, 0.05) is 24.2 Å². The number of hydrogen-bond acceptors (Lipinski definition) is 2. The Hall–Kier alpha value is -0.380. The molecular formula is C14H22BrNO. The highest BCUT2D eigenvalue weighted by Crippen LogP contribution is 2.21. The molecule has 0 amide bonds. The van der Waals surface area contributed by atoms with E-state index >= 15 is 0 Å². The van der Waals surface area contributed by atoms with E-state index < -0.39 is 0 Å². The standard InChI is InChI=1S/C14H22BrNO/c1-14(2,8-5-9-17)11-16-10-12-6-3-4-7-13(12)15/h3-4,6-7,16-17H,5,8-11H2,1-2H3. The van der Waals surface area contributed by atoms with Crippen LogP contribution in [0.4, 0.5) is 0 Å². The van der Waals surface area contributed by atoms with Crippen molar-refractivity contribution in [1.29, 1.82) is 0 Å². The fraction of sp³-hybridized carbons (Fsp3) is 0.571. The van der Waals surface area contributed by atoms with Crippen LogP contribution in [0.5, 0.6) is 0 Å². The van der Waals surface area contributed by atoms with Crippen LogP contribution in [-0.4, -0.2) is 18.3 Å². The van der Waals surface area contributed by atoms with Crippen molar-refractivity contribution in [3.05, 3.63) is 34.3 Å². The quantitative estimate of drug-likeness (QED) is 0.809. The van der Waals surface area contributed by atoms with Gasteiger partial charge in [0.25, 0.3) is 0 Å². The summed E-state index contributed by atoms with van der Waals surface area (Å²) in [6.07, 6.45) is 1.93. The molecule has 3 heteroatoms. The van der Waals surface area contributed by atoms with E-state index in [1.165, 1.54) is 5.56 Å². The topological polar surface area (TPSA) is 32.3 Å². The van der Waals surface area contributed by atoms with Gasteiger partial charge in [-0.3, -0.25) is 0 Å². The lowest BCUT2D eigenvalue weighted by Crippen LogP contribution is -2.29. The summed E-state index contributed by atoms with van der Waals surface area (Å²) in [5, 5.41) is 12.3. The van der Waals surface area contributed by atoms with E-state index in [4.69, 9.17) is 5.11 Å². The van der Waals surface area contributed by atoms with Crippen molar-refractivity contribution >= 4 is 15.9 Å². The third-order valence-electron chi connectivity index (χ3n) is 2.89. The third kappa shape index (κ3) is 5.66. The van der Waals surface area contributed by atoms with Gasteiger partial charge >= 0.3 is 0 Å². The molecule has 0 heterocycles. The van der Waals surface area contributed by atoms with Crippen LogP contribution in [0.3, 0.4) is 0 Å². The summed E-state index contributed by atoms with van der Waals surface area (Å²) in [4.78, 5) is 0. The minimum atomic E-state index is 0.240. The zero-order valence-electron chi connectivity index (χ0n) is 10.7. The van der Waals surface area contributed by atoms with Crippen molar-refractivity contribution in [3.63, 3.8) is 0 Å². The summed E-state index contributed by atoms with van der Waals surface area (Å²) in [5.41, 5.74) is 1.52. The van der Waals surface area contributed by atoms with E-state index in [0.717, 1.165) is 30.4 Å². The number of nitrogens with one attached hydrogen (secondary N) is 1. The van der Waals surface area contributed by atoms with Crippen molar-refractivity contribution in [2.24, 2.45) is 5.41 Å². The minimum absolute atomic E-state index is 0.240. The maximum atomic E-state index is 8.84. The van der Waals surface area contributed by atoms with E-state index in [1.54, 1.807) is 0 Å². The Balaban J connectivity index is 2.35. The van der Waals surface area contributed by atoms with Gasteiger partial charge in [0.05, 0.1) is 0 Å². The van der Waals surface area contributed by atoms with Crippen LogP contribution in [0.25, 0.3) is 0 Å². The number of benzene rings is 1. The lowest BCUT2D eigenvalue weighted by molar-refractivity contribution is 0.236. The van der Waals surface area contributed by atoms with Crippen LogP contribution in [0.15, 0.2) is 28.7 Å². The molecule has 0 aromatic heterocycles. The molecule has 1 aromatic rings. The normalized spacial score (nSPS) is 11.8. The van der Waals surface area contributed by atoms with Gasteiger partial charge in [-0.25, -0.2) is 0 Å². The summed E-state index contributed by atoms with van der Waals surface area (Å²) >= 11 is 3.55. The highest BCUT2D eigenvalue weighted by molar-refractivity contribution is 9.10. The highest BCUT2D eigenvalue weighted by Gasteiger charge is 2.16. The molecular weight excluding hydrogens is 278 g/mol. The molecule has 0 fully saturated rings. The van der Waals surface area contributed by atoms with Crippen molar-refractivity contribution in [3.8, 4) is 0 Å². The molecule has 1 rings (SSSR count). The molecule has 96 valence electrons. The van der Waals surface area contributed by atoms with Crippen LogP contribution < -0.4 is 5.32 Å². The Morgan fingerprint density at radius 2 is 2.00 bits per heavy atom. The summed E-state index contributed by atoms with van der Waals surface area (Å²) in [5.74, 6) is 0. The summed E-state index contributed by atoms with van der Waals surface area (Å²) in [6.45, 7) is 6.59. The molecule has 2 nitrogen and oxygen atoms in total. The van der Waals surface area contributed by atoms with Crippen LogP contribution in [-0.2, 0) is 6.54 Å². The smallest absolute Gasteiger partial charge is 0.0431 e. The Kier molecular flexibility index (Phi) is 6.17. The maximum absolute atomic E-state index is 8.84. The number of aliphatic hydroxyl groups is 1.